The van der Waals surface area contributed by atoms with Gasteiger partial charge in [0.1, 0.15) is 24.6 Å². The van der Waals surface area contributed by atoms with E-state index < -0.39 is 14.9 Å². The van der Waals surface area contributed by atoms with Gasteiger partial charge in [-0.3, -0.25) is 9.37 Å². The molecule has 0 saturated carbocycles. The Morgan fingerprint density at radius 3 is 2.13 bits per heavy atom. The maximum Gasteiger partial charge on any atom is 0.147 e. The molecule has 4 heterocycles. The van der Waals surface area contributed by atoms with E-state index in [-0.39, 0.29) is 31.5 Å². The van der Waals surface area contributed by atoms with Crippen molar-refractivity contribution in [1.29, 1.82) is 0 Å². The van der Waals surface area contributed by atoms with E-state index in [4.69, 9.17) is 23.5 Å². The van der Waals surface area contributed by atoms with Gasteiger partial charge in [-0.15, -0.1) is 48.0 Å². The number of hydrogen-bond acceptors (Lipinski definition) is 5. The van der Waals surface area contributed by atoms with Crippen molar-refractivity contribution in [3.63, 3.8) is 0 Å². The van der Waals surface area contributed by atoms with E-state index in [0.29, 0.717) is 29.0 Å². The van der Waals surface area contributed by atoms with Crippen molar-refractivity contribution in [1.82, 2.24) is 24.5 Å². The van der Waals surface area contributed by atoms with Crippen molar-refractivity contribution in [3.05, 3.63) is 144 Å². The number of aromatic nitrogens is 5. The summed E-state index contributed by atoms with van der Waals surface area (Å²) in [5.74, 6) is 1.55. The molecule has 0 aliphatic rings. The summed E-state index contributed by atoms with van der Waals surface area (Å²) in [7, 11) is -1.73. The molecule has 9 rings (SSSR count). The Kier molecular flexibility index (Phi) is 11.0. The summed E-state index contributed by atoms with van der Waals surface area (Å²) >= 11 is 0. The zero-order valence-electron chi connectivity index (χ0n) is 38.4. The van der Waals surface area contributed by atoms with Gasteiger partial charge in [-0.05, 0) is 64.7 Å². The molecule has 0 unspecified atom stereocenters. The Morgan fingerprint density at radius 2 is 1.50 bits per heavy atom. The SMILES string of the molecule is CC(C)c1cc(C(C)C)c(-n2c(-c3[c-]ccc4c3oc3c4ccc4cnc([Si](C)(C)C)nc43)nc3ccccc32)c(C(C)C)c1.[2H]C([2H])([2H])c1ccc(-c2[c-]cc(F)cc2)nc1.[Ir]. The minimum absolute atomic E-state index is 0. The molecule has 0 saturated heterocycles. The first-order valence-corrected chi connectivity index (χ1v) is 23.7. The second kappa shape index (κ2) is 17.0. The molecule has 9 aromatic rings. The third kappa shape index (κ3) is 8.11. The van der Waals surface area contributed by atoms with Crippen LogP contribution < -0.4 is 5.45 Å². The molecule has 0 aliphatic heterocycles. The Bertz CT molecular complexity index is 3070. The minimum atomic E-state index is -2.15. The van der Waals surface area contributed by atoms with E-state index in [1.165, 1.54) is 46.8 Å². The molecule has 1 radical (unpaired) electrons. The van der Waals surface area contributed by atoms with Crippen molar-refractivity contribution in [2.24, 2.45) is 0 Å². The number of furan rings is 1. The van der Waals surface area contributed by atoms with Crippen LogP contribution in [0.4, 0.5) is 4.39 Å². The summed E-state index contributed by atoms with van der Waals surface area (Å²) in [6.07, 6.45) is 3.25. The van der Waals surface area contributed by atoms with Gasteiger partial charge in [-0.1, -0.05) is 121 Å². The summed E-state index contributed by atoms with van der Waals surface area (Å²) in [6.45, 7) is 18.4. The number of imidazole rings is 1. The molecule has 4 aromatic heterocycles. The standard InChI is InChI=1S/C39H41N4OSi.C12H9FN.Ir/c1-22(2)26-19-30(23(3)4)35(31(20-26)24(5)6)43-33-16-11-10-15-32(33)41-38(43)29-14-12-13-27-28-18-17-25-21-40-39(45(7,8)9)42-34(25)37(28)44-36(27)29;1-9-2-7-12(14-8-9)10-3-5-11(13)6-4-10;/h10-13,15-24H,1-9H3;2-3,5-8H,1H3;/q2*-1;/i;1D3;. The molecule has 0 spiro atoms. The van der Waals surface area contributed by atoms with Crippen molar-refractivity contribution in [2.75, 3.05) is 0 Å². The normalized spacial score (nSPS) is 12.8. The van der Waals surface area contributed by atoms with Gasteiger partial charge in [0.15, 0.2) is 0 Å². The summed E-state index contributed by atoms with van der Waals surface area (Å²) in [6, 6.07) is 35.0. The van der Waals surface area contributed by atoms with Crippen molar-refractivity contribution in [2.45, 2.75) is 85.8 Å². The summed E-state index contributed by atoms with van der Waals surface area (Å²) < 4.78 is 43.6. The fourth-order valence-electron chi connectivity index (χ4n) is 7.53. The van der Waals surface area contributed by atoms with E-state index in [1.54, 1.807) is 12.1 Å². The van der Waals surface area contributed by atoms with Crippen LogP contribution in [0.3, 0.4) is 0 Å². The molecule has 0 fully saturated rings. The summed E-state index contributed by atoms with van der Waals surface area (Å²) in [5, 5.41) is 3.06. The molecule has 9 heteroatoms. The molecule has 6 nitrogen and oxygen atoms in total. The first-order valence-electron chi connectivity index (χ1n) is 21.7. The van der Waals surface area contributed by atoms with Crippen LogP contribution in [-0.2, 0) is 20.1 Å². The average molecular weight is 991 g/mol. The van der Waals surface area contributed by atoms with Crippen molar-refractivity contribution >= 4 is 57.4 Å². The molecule has 0 atom stereocenters. The quantitative estimate of drug-likeness (QED) is 0.118. The van der Waals surface area contributed by atoms with Gasteiger partial charge in [-0.2, -0.15) is 0 Å². The largest absolute Gasteiger partial charge is 0.498 e. The van der Waals surface area contributed by atoms with E-state index in [9.17, 15) is 4.39 Å². The number of para-hydroxylation sites is 2. The molecule has 307 valence electrons. The Hall–Kier alpha value is -5.34. The molecule has 60 heavy (non-hydrogen) atoms. The number of rotatable bonds is 7. The number of benzene rings is 5. The summed E-state index contributed by atoms with van der Waals surface area (Å²) in [4.78, 5) is 19.1. The maximum absolute atomic E-state index is 12.7. The number of fused-ring (bicyclic) bond motifs is 6. The Labute approximate surface area is 370 Å². The predicted molar refractivity (Wildman–Crippen MR) is 244 cm³/mol. The predicted octanol–water partition coefficient (Wildman–Crippen LogP) is 13.2. The van der Waals surface area contributed by atoms with E-state index >= 15 is 0 Å². The molecule has 0 aliphatic carbocycles. The van der Waals surface area contributed by atoms with Crippen molar-refractivity contribution < 1.29 is 33.0 Å². The van der Waals surface area contributed by atoms with Crippen LogP contribution >= 0.6 is 0 Å². The van der Waals surface area contributed by atoms with Crippen LogP contribution in [0.25, 0.3) is 72.2 Å². The fourth-order valence-corrected chi connectivity index (χ4v) is 8.43. The number of halogens is 1. The second-order valence-corrected chi connectivity index (χ2v) is 22.1. The minimum Gasteiger partial charge on any atom is -0.498 e. The second-order valence-electron chi connectivity index (χ2n) is 17.1. The van der Waals surface area contributed by atoms with E-state index in [0.717, 1.165) is 60.7 Å². The van der Waals surface area contributed by atoms with Crippen LogP contribution in [-0.4, -0.2) is 32.6 Å². The van der Waals surface area contributed by atoms with Gasteiger partial charge < -0.3 is 14.0 Å². The Morgan fingerprint density at radius 1 is 0.767 bits per heavy atom. The molecule has 5 aromatic carbocycles. The number of hydrogen-bond donors (Lipinski definition) is 0. The first-order chi connectivity index (χ1) is 29.4. The summed E-state index contributed by atoms with van der Waals surface area (Å²) in [5.41, 5.74) is 12.9. The van der Waals surface area contributed by atoms with Gasteiger partial charge in [0.05, 0.1) is 22.4 Å². The molecular formula is C51H50FIrN5OSi-2. The molecule has 0 amide bonds. The van der Waals surface area contributed by atoms with Crippen LogP contribution in [0, 0.1) is 24.8 Å². The zero-order chi connectivity index (χ0) is 44.2. The monoisotopic (exact) mass is 991 g/mol. The average Bonchev–Trinajstić information content (AvgIpc) is 3.82. The number of nitrogens with zero attached hydrogens (tertiary/aromatic N) is 5. The smallest absolute Gasteiger partial charge is 0.147 e. The van der Waals surface area contributed by atoms with Crippen LogP contribution in [0.5, 0.6) is 0 Å². The Balaban J connectivity index is 0.000000278. The van der Waals surface area contributed by atoms with E-state index in [2.05, 4.69) is 137 Å². The van der Waals surface area contributed by atoms with Gasteiger partial charge in [0.2, 0.25) is 0 Å². The van der Waals surface area contributed by atoms with Crippen LogP contribution in [0.15, 0.2) is 108 Å². The fraction of sp³-hybridized carbons (Fsp3) is 0.255. The van der Waals surface area contributed by atoms with Crippen LogP contribution in [0.2, 0.25) is 19.6 Å². The van der Waals surface area contributed by atoms with Gasteiger partial charge in [0, 0.05) is 58.9 Å². The third-order valence-electron chi connectivity index (χ3n) is 10.7. The van der Waals surface area contributed by atoms with Crippen LogP contribution in [0.1, 0.15) is 85.7 Å². The van der Waals surface area contributed by atoms with Gasteiger partial charge in [-0.25, -0.2) is 9.97 Å². The third-order valence-corrected chi connectivity index (χ3v) is 12.3. The van der Waals surface area contributed by atoms with Gasteiger partial charge in [0.25, 0.3) is 0 Å². The van der Waals surface area contributed by atoms with E-state index in [1.807, 2.05) is 12.3 Å². The zero-order valence-corrected chi connectivity index (χ0v) is 38.8. The first kappa shape index (κ1) is 38.8. The maximum atomic E-state index is 12.7. The molecular weight excluding hydrogens is 938 g/mol. The van der Waals surface area contributed by atoms with Gasteiger partial charge >= 0.3 is 0 Å². The number of aryl methyl sites for hydroxylation is 1. The molecule has 0 bridgehead atoms. The van der Waals surface area contributed by atoms with Crippen molar-refractivity contribution in [3.8, 4) is 28.3 Å². The topological polar surface area (TPSA) is 69.6 Å². The number of pyridine rings is 1. The molecule has 0 N–H and O–H groups in total.